The van der Waals surface area contributed by atoms with E-state index in [1.54, 1.807) is 19.1 Å². The number of aryl methyl sites for hydroxylation is 1. The van der Waals surface area contributed by atoms with Crippen LogP contribution in [0.25, 0.3) is 11.3 Å². The van der Waals surface area contributed by atoms with Crippen LogP contribution in [-0.2, 0) is 19.5 Å². The molecular weight excluding hydrogens is 346 g/mol. The quantitative estimate of drug-likeness (QED) is 0.732. The maximum absolute atomic E-state index is 12.9. The third-order valence-corrected chi connectivity index (χ3v) is 5.75. The summed E-state index contributed by atoms with van der Waals surface area (Å²) in [5.41, 5.74) is 1.34. The molecule has 0 bridgehead atoms. The Bertz CT molecular complexity index is 870. The Labute approximate surface area is 146 Å². The Morgan fingerprint density at radius 3 is 2.44 bits per heavy atom. The van der Waals surface area contributed by atoms with Crippen molar-refractivity contribution in [3.8, 4) is 11.3 Å². The van der Waals surface area contributed by atoms with E-state index in [2.05, 4.69) is 10.2 Å². The zero-order valence-electron chi connectivity index (χ0n) is 14.5. The van der Waals surface area contributed by atoms with E-state index in [0.717, 1.165) is 0 Å². The number of sulfonamides is 1. The smallest absolute Gasteiger partial charge is 0.264 e. The third kappa shape index (κ3) is 4.31. The second kappa shape index (κ2) is 7.87. The summed E-state index contributed by atoms with van der Waals surface area (Å²) in [6, 6.07) is 7.87. The van der Waals surface area contributed by atoms with E-state index < -0.39 is 16.3 Å². The fourth-order valence-corrected chi connectivity index (χ4v) is 3.67. The van der Waals surface area contributed by atoms with Crippen molar-refractivity contribution in [1.82, 2.24) is 14.5 Å². The molecule has 0 aliphatic carbocycles. The molecule has 1 heterocycles. The number of ether oxygens (including phenoxy) is 2. The maximum Gasteiger partial charge on any atom is 0.264 e. The second-order valence-corrected chi connectivity index (χ2v) is 7.49. The van der Waals surface area contributed by atoms with Crippen molar-refractivity contribution in [2.45, 2.75) is 18.1 Å². The lowest BCUT2D eigenvalue weighted by Gasteiger charge is -2.23. The minimum absolute atomic E-state index is 0.0515. The van der Waals surface area contributed by atoms with Crippen LogP contribution in [0, 0.1) is 6.92 Å². The van der Waals surface area contributed by atoms with E-state index in [9.17, 15) is 13.2 Å². The highest BCUT2D eigenvalue weighted by molar-refractivity contribution is 7.89. The first-order valence-corrected chi connectivity index (χ1v) is 8.92. The predicted molar refractivity (Wildman–Crippen MR) is 92.7 cm³/mol. The van der Waals surface area contributed by atoms with Crippen molar-refractivity contribution in [2.24, 2.45) is 0 Å². The molecule has 1 aromatic carbocycles. The Balaban J connectivity index is 2.41. The summed E-state index contributed by atoms with van der Waals surface area (Å²) < 4.78 is 37.1. The van der Waals surface area contributed by atoms with Gasteiger partial charge in [-0.15, -0.1) is 0 Å². The van der Waals surface area contributed by atoms with Gasteiger partial charge in [0.15, 0.2) is 6.29 Å². The van der Waals surface area contributed by atoms with Crippen LogP contribution in [0.3, 0.4) is 0 Å². The summed E-state index contributed by atoms with van der Waals surface area (Å²) in [6.07, 6.45) is -0.663. The van der Waals surface area contributed by atoms with Crippen molar-refractivity contribution >= 4 is 10.0 Å². The van der Waals surface area contributed by atoms with Crippen molar-refractivity contribution in [1.29, 1.82) is 0 Å². The first-order valence-electron chi connectivity index (χ1n) is 7.48. The molecule has 8 nitrogen and oxygen atoms in total. The average molecular weight is 367 g/mol. The minimum Gasteiger partial charge on any atom is -0.355 e. The molecule has 9 heteroatoms. The number of H-pyrrole nitrogens is 1. The van der Waals surface area contributed by atoms with E-state index >= 15 is 0 Å². The van der Waals surface area contributed by atoms with E-state index in [4.69, 9.17) is 9.47 Å². The number of aromatic nitrogens is 2. The van der Waals surface area contributed by atoms with Crippen molar-refractivity contribution in [3.63, 3.8) is 0 Å². The summed E-state index contributed by atoms with van der Waals surface area (Å²) in [6.45, 7) is 1.77. The molecule has 0 unspecified atom stereocenters. The van der Waals surface area contributed by atoms with E-state index in [1.807, 2.05) is 0 Å². The van der Waals surface area contributed by atoms with Gasteiger partial charge in [0.2, 0.25) is 10.0 Å². The standard InChI is InChI=1S/C16H21N3O5S/c1-11-5-6-12(13-7-8-15(20)18-17-13)9-14(11)25(21,22)19(2)10-16(23-3)24-4/h5-9,16H,10H2,1-4H3,(H,18,20). The molecule has 2 rings (SSSR count). The van der Waals surface area contributed by atoms with Gasteiger partial charge in [-0.05, 0) is 24.6 Å². The van der Waals surface area contributed by atoms with Gasteiger partial charge in [-0.25, -0.2) is 13.5 Å². The normalized spacial score (nSPS) is 12.1. The molecule has 0 spiro atoms. The van der Waals surface area contributed by atoms with E-state index in [0.29, 0.717) is 16.8 Å². The van der Waals surface area contributed by atoms with Crippen LogP contribution in [0.2, 0.25) is 0 Å². The highest BCUT2D eigenvalue weighted by Gasteiger charge is 2.26. The molecule has 0 radical (unpaired) electrons. The summed E-state index contributed by atoms with van der Waals surface area (Å²) in [7, 11) is 0.607. The molecule has 25 heavy (non-hydrogen) atoms. The maximum atomic E-state index is 12.9. The molecular formula is C16H21N3O5S. The van der Waals surface area contributed by atoms with Crippen molar-refractivity contribution in [3.05, 3.63) is 46.2 Å². The van der Waals surface area contributed by atoms with Crippen molar-refractivity contribution in [2.75, 3.05) is 27.8 Å². The number of aromatic amines is 1. The van der Waals surface area contributed by atoms with Gasteiger partial charge in [0.25, 0.3) is 5.56 Å². The number of hydrogen-bond donors (Lipinski definition) is 1. The molecule has 1 N–H and O–H groups in total. The van der Waals surface area contributed by atoms with Crippen LogP contribution >= 0.6 is 0 Å². The molecule has 0 saturated heterocycles. The molecule has 0 atom stereocenters. The second-order valence-electron chi connectivity index (χ2n) is 5.47. The minimum atomic E-state index is -3.75. The van der Waals surface area contributed by atoms with Gasteiger partial charge < -0.3 is 9.47 Å². The largest absolute Gasteiger partial charge is 0.355 e. The van der Waals surface area contributed by atoms with Gasteiger partial charge in [-0.3, -0.25) is 4.79 Å². The number of benzene rings is 1. The summed E-state index contributed by atoms with van der Waals surface area (Å²) in [5, 5.41) is 6.27. The lowest BCUT2D eigenvalue weighted by atomic mass is 10.1. The predicted octanol–water partition coefficient (Wildman–Crippen LogP) is 0.985. The van der Waals surface area contributed by atoms with E-state index in [-0.39, 0.29) is 17.0 Å². The van der Waals surface area contributed by atoms with Crippen LogP contribution < -0.4 is 5.56 Å². The third-order valence-electron chi connectivity index (χ3n) is 3.78. The Kier molecular flexibility index (Phi) is 6.07. The van der Waals surface area contributed by atoms with Crippen LogP contribution in [0.15, 0.2) is 40.0 Å². The zero-order chi connectivity index (χ0) is 18.6. The van der Waals surface area contributed by atoms with E-state index in [1.165, 1.54) is 43.8 Å². The van der Waals surface area contributed by atoms with Gasteiger partial charge in [-0.1, -0.05) is 12.1 Å². The molecule has 2 aromatic rings. The summed E-state index contributed by atoms with van der Waals surface area (Å²) in [4.78, 5) is 11.3. The molecule has 0 saturated carbocycles. The van der Waals surface area contributed by atoms with Crippen LogP contribution in [0.4, 0.5) is 0 Å². The number of methoxy groups -OCH3 is 2. The van der Waals surface area contributed by atoms with Crippen molar-refractivity contribution < 1.29 is 17.9 Å². The van der Waals surface area contributed by atoms with Gasteiger partial charge in [0.05, 0.1) is 17.1 Å². The number of hydrogen-bond acceptors (Lipinski definition) is 6. The lowest BCUT2D eigenvalue weighted by molar-refractivity contribution is -0.106. The zero-order valence-corrected chi connectivity index (χ0v) is 15.3. The fraction of sp³-hybridized carbons (Fsp3) is 0.375. The van der Waals surface area contributed by atoms with Gasteiger partial charge in [-0.2, -0.15) is 9.40 Å². The Hall–Kier alpha value is -2.07. The van der Waals surface area contributed by atoms with Crippen LogP contribution in [-0.4, -0.2) is 57.0 Å². The summed E-state index contributed by atoms with van der Waals surface area (Å²) in [5.74, 6) is 0. The highest BCUT2D eigenvalue weighted by atomic mass is 32.2. The molecule has 0 fully saturated rings. The summed E-state index contributed by atoms with van der Waals surface area (Å²) >= 11 is 0. The number of rotatable bonds is 7. The molecule has 136 valence electrons. The number of nitrogens with zero attached hydrogens (tertiary/aromatic N) is 2. The SMILES string of the molecule is COC(CN(C)S(=O)(=O)c1cc(-c2ccc(=O)[nH]n2)ccc1C)OC. The number of likely N-dealkylation sites (N-methyl/N-ethyl adjacent to an activating group) is 1. The van der Waals surface area contributed by atoms with Gasteiger partial charge in [0, 0.05) is 32.9 Å². The average Bonchev–Trinajstić information content (AvgIpc) is 2.60. The highest BCUT2D eigenvalue weighted by Crippen LogP contribution is 2.25. The first-order chi connectivity index (χ1) is 11.8. The Morgan fingerprint density at radius 2 is 1.88 bits per heavy atom. The molecule has 0 aliphatic heterocycles. The molecule has 1 aromatic heterocycles. The lowest BCUT2D eigenvalue weighted by Crippen LogP contribution is -2.36. The van der Waals surface area contributed by atoms with Gasteiger partial charge >= 0.3 is 0 Å². The monoisotopic (exact) mass is 367 g/mol. The number of nitrogens with one attached hydrogen (secondary N) is 1. The van der Waals surface area contributed by atoms with Crippen LogP contribution in [0.5, 0.6) is 0 Å². The van der Waals surface area contributed by atoms with Gasteiger partial charge in [0.1, 0.15) is 0 Å². The van der Waals surface area contributed by atoms with Crippen LogP contribution in [0.1, 0.15) is 5.56 Å². The molecule has 0 amide bonds. The fourth-order valence-electron chi connectivity index (χ4n) is 2.26. The molecule has 0 aliphatic rings. The Morgan fingerprint density at radius 1 is 1.20 bits per heavy atom. The first kappa shape index (κ1) is 19.3. The topological polar surface area (TPSA) is 102 Å².